The van der Waals surface area contributed by atoms with Crippen molar-refractivity contribution >= 4 is 12.0 Å². The van der Waals surface area contributed by atoms with Crippen molar-refractivity contribution in [3.05, 3.63) is 29.8 Å². The monoisotopic (exact) mass is 405 g/mol. The van der Waals surface area contributed by atoms with Crippen molar-refractivity contribution in [1.29, 1.82) is 0 Å². The summed E-state index contributed by atoms with van der Waals surface area (Å²) < 4.78 is 10.8. The molecule has 1 saturated heterocycles. The van der Waals surface area contributed by atoms with E-state index >= 15 is 0 Å². The molecule has 0 bridgehead atoms. The molecular formula is C22H35N3O4. The third kappa shape index (κ3) is 6.92. The minimum Gasteiger partial charge on any atom is -0.496 e. The fraction of sp³-hybridized carbons (Fsp3) is 0.636. The van der Waals surface area contributed by atoms with Gasteiger partial charge in [-0.2, -0.15) is 0 Å². The number of para-hydroxylation sites is 1. The number of nitrogens with one attached hydrogen (secondary N) is 2. The number of rotatable bonds is 6. The van der Waals surface area contributed by atoms with Crippen LogP contribution in [0.5, 0.6) is 5.75 Å². The van der Waals surface area contributed by atoms with Gasteiger partial charge in [-0.3, -0.25) is 4.79 Å². The Hall–Kier alpha value is -2.28. The van der Waals surface area contributed by atoms with Crippen molar-refractivity contribution in [2.45, 2.75) is 65.3 Å². The van der Waals surface area contributed by atoms with Crippen LogP contribution in [0.15, 0.2) is 24.3 Å². The van der Waals surface area contributed by atoms with Crippen LogP contribution in [0.4, 0.5) is 4.79 Å². The molecule has 7 heteroatoms. The summed E-state index contributed by atoms with van der Waals surface area (Å²) >= 11 is 0. The molecule has 0 aromatic heterocycles. The summed E-state index contributed by atoms with van der Waals surface area (Å²) in [5.74, 6) is 0.926. The van der Waals surface area contributed by atoms with Crippen molar-refractivity contribution < 1.29 is 19.1 Å². The van der Waals surface area contributed by atoms with Crippen LogP contribution in [0.3, 0.4) is 0 Å². The van der Waals surface area contributed by atoms with Crippen LogP contribution in [0.25, 0.3) is 0 Å². The Balaban J connectivity index is 1.82. The molecule has 3 atom stereocenters. The molecule has 1 aliphatic rings. The number of nitrogens with zero attached hydrogens (tertiary/aromatic N) is 1. The number of hydrogen-bond donors (Lipinski definition) is 2. The highest BCUT2D eigenvalue weighted by Gasteiger charge is 2.32. The van der Waals surface area contributed by atoms with Crippen LogP contribution in [-0.4, -0.2) is 54.8 Å². The topological polar surface area (TPSA) is 79.9 Å². The van der Waals surface area contributed by atoms with Gasteiger partial charge < -0.3 is 25.0 Å². The molecule has 1 fully saturated rings. The maximum atomic E-state index is 12.5. The summed E-state index contributed by atoms with van der Waals surface area (Å²) in [5.41, 5.74) is 0.443. The van der Waals surface area contributed by atoms with Crippen LogP contribution >= 0.6 is 0 Å². The van der Waals surface area contributed by atoms with E-state index in [1.54, 1.807) is 12.0 Å². The van der Waals surface area contributed by atoms with Gasteiger partial charge in [0, 0.05) is 31.2 Å². The molecule has 2 rings (SSSR count). The lowest BCUT2D eigenvalue weighted by molar-refractivity contribution is -0.123. The predicted molar refractivity (Wildman–Crippen MR) is 113 cm³/mol. The number of piperidine rings is 1. The lowest BCUT2D eigenvalue weighted by Gasteiger charge is -2.38. The van der Waals surface area contributed by atoms with Gasteiger partial charge in [0.25, 0.3) is 0 Å². The van der Waals surface area contributed by atoms with E-state index in [9.17, 15) is 9.59 Å². The van der Waals surface area contributed by atoms with Gasteiger partial charge in [-0.15, -0.1) is 0 Å². The van der Waals surface area contributed by atoms with Gasteiger partial charge in [0.1, 0.15) is 11.4 Å². The van der Waals surface area contributed by atoms with Gasteiger partial charge in [0.05, 0.1) is 13.2 Å². The second kappa shape index (κ2) is 9.96. The van der Waals surface area contributed by atoms with Gasteiger partial charge in [-0.1, -0.05) is 25.1 Å². The number of methoxy groups -OCH3 is 1. The summed E-state index contributed by atoms with van der Waals surface area (Å²) in [6, 6.07) is 7.48. The first kappa shape index (κ1) is 23.0. The van der Waals surface area contributed by atoms with Crippen LogP contribution in [0, 0.1) is 5.92 Å². The number of benzene rings is 1. The van der Waals surface area contributed by atoms with Crippen LogP contribution in [-0.2, 0) is 16.1 Å². The zero-order valence-corrected chi connectivity index (χ0v) is 18.5. The number of ether oxygens (including phenoxy) is 2. The summed E-state index contributed by atoms with van der Waals surface area (Å²) in [6.45, 7) is 11.2. The molecule has 2 N–H and O–H groups in total. The zero-order chi connectivity index (χ0) is 21.6. The van der Waals surface area contributed by atoms with E-state index in [1.165, 1.54) is 0 Å². The molecule has 1 heterocycles. The molecule has 0 unspecified atom stereocenters. The minimum atomic E-state index is -0.497. The molecule has 2 amide bonds. The highest BCUT2D eigenvalue weighted by atomic mass is 16.6. The Labute approximate surface area is 174 Å². The van der Waals surface area contributed by atoms with E-state index in [4.69, 9.17) is 9.47 Å². The molecule has 1 aliphatic heterocycles. The third-order valence-electron chi connectivity index (χ3n) is 5.06. The second-order valence-corrected chi connectivity index (χ2v) is 8.72. The van der Waals surface area contributed by atoms with Crippen molar-refractivity contribution in [1.82, 2.24) is 15.5 Å². The molecule has 1 aromatic rings. The van der Waals surface area contributed by atoms with E-state index in [1.807, 2.05) is 52.0 Å². The van der Waals surface area contributed by atoms with Gasteiger partial charge in [-0.25, -0.2) is 4.79 Å². The summed E-state index contributed by atoms with van der Waals surface area (Å²) in [5, 5.41) is 6.38. The number of hydrogen-bond acceptors (Lipinski definition) is 5. The van der Waals surface area contributed by atoms with Crippen molar-refractivity contribution in [3.63, 3.8) is 0 Å². The normalized spacial score (nSPS) is 20.7. The summed E-state index contributed by atoms with van der Waals surface area (Å²) in [4.78, 5) is 26.6. The third-order valence-corrected chi connectivity index (χ3v) is 5.06. The lowest BCUT2D eigenvalue weighted by atomic mass is 9.93. The molecule has 0 aliphatic carbocycles. The average molecular weight is 406 g/mol. The van der Waals surface area contributed by atoms with E-state index in [2.05, 4.69) is 17.6 Å². The van der Waals surface area contributed by atoms with Gasteiger partial charge in [-0.05, 0) is 46.1 Å². The van der Waals surface area contributed by atoms with E-state index in [0.717, 1.165) is 17.7 Å². The van der Waals surface area contributed by atoms with Crippen LogP contribution in [0.1, 0.15) is 46.6 Å². The van der Waals surface area contributed by atoms with Gasteiger partial charge in [0.15, 0.2) is 0 Å². The lowest BCUT2D eigenvalue weighted by Crippen LogP contribution is -2.55. The smallest absolute Gasteiger partial charge is 0.410 e. The van der Waals surface area contributed by atoms with Crippen molar-refractivity contribution in [2.75, 3.05) is 20.2 Å². The Morgan fingerprint density at radius 2 is 1.97 bits per heavy atom. The Morgan fingerprint density at radius 1 is 1.28 bits per heavy atom. The van der Waals surface area contributed by atoms with E-state index in [-0.39, 0.29) is 30.0 Å². The summed E-state index contributed by atoms with van der Waals surface area (Å²) in [7, 11) is 1.62. The molecule has 29 heavy (non-hydrogen) atoms. The molecule has 0 saturated carbocycles. The van der Waals surface area contributed by atoms with Gasteiger partial charge >= 0.3 is 6.09 Å². The fourth-order valence-corrected chi connectivity index (χ4v) is 3.47. The highest BCUT2D eigenvalue weighted by molar-refractivity contribution is 5.81. The average Bonchev–Trinajstić information content (AvgIpc) is 2.66. The highest BCUT2D eigenvalue weighted by Crippen LogP contribution is 2.20. The fourth-order valence-electron chi connectivity index (χ4n) is 3.47. The first-order valence-electron chi connectivity index (χ1n) is 10.2. The molecule has 0 spiro atoms. The first-order valence-corrected chi connectivity index (χ1v) is 10.2. The zero-order valence-electron chi connectivity index (χ0n) is 18.5. The quantitative estimate of drug-likeness (QED) is 0.761. The second-order valence-electron chi connectivity index (χ2n) is 8.72. The number of carbonyl (C=O) groups excluding carboxylic acids is 2. The number of likely N-dealkylation sites (tertiary alicyclic amines) is 1. The van der Waals surface area contributed by atoms with Crippen LogP contribution in [0.2, 0.25) is 0 Å². The van der Waals surface area contributed by atoms with E-state index in [0.29, 0.717) is 19.6 Å². The molecule has 162 valence electrons. The standard InChI is InChI=1S/C22H35N3O4/c1-15-14-25(21(27)29-22(3,4)5)12-11-18(15)24-16(2)20(26)23-13-17-9-7-8-10-19(17)28-6/h7-10,15-16,18,24H,11-14H2,1-6H3,(H,23,26)/t15-,16+,18-/m1/s1. The SMILES string of the molecule is COc1ccccc1CNC(=O)[C@H](C)N[C@@H]1CCN(C(=O)OC(C)(C)C)C[C@H]1C. The molecule has 1 aromatic carbocycles. The number of carbonyl (C=O) groups is 2. The Morgan fingerprint density at radius 3 is 2.59 bits per heavy atom. The minimum absolute atomic E-state index is 0.0577. The van der Waals surface area contributed by atoms with Crippen molar-refractivity contribution in [2.24, 2.45) is 5.92 Å². The predicted octanol–water partition coefficient (Wildman–Crippen LogP) is 2.94. The van der Waals surface area contributed by atoms with E-state index < -0.39 is 5.60 Å². The molecule has 0 radical (unpaired) electrons. The Bertz CT molecular complexity index is 702. The largest absolute Gasteiger partial charge is 0.496 e. The molecule has 7 nitrogen and oxygen atoms in total. The maximum absolute atomic E-state index is 12.5. The van der Waals surface area contributed by atoms with Crippen LogP contribution < -0.4 is 15.4 Å². The van der Waals surface area contributed by atoms with Crippen molar-refractivity contribution in [3.8, 4) is 5.75 Å². The van der Waals surface area contributed by atoms with Gasteiger partial charge in [0.2, 0.25) is 5.91 Å². The summed E-state index contributed by atoms with van der Waals surface area (Å²) in [6.07, 6.45) is 0.510. The maximum Gasteiger partial charge on any atom is 0.410 e. The molecular weight excluding hydrogens is 370 g/mol. The first-order chi connectivity index (χ1) is 13.6. The Kier molecular flexibility index (Phi) is 7.90. The number of amides is 2.